The van der Waals surface area contributed by atoms with E-state index in [1.54, 1.807) is 0 Å². The number of ether oxygens (including phenoxy) is 5. The molecule has 0 bridgehead atoms. The molecule has 0 aromatic heterocycles. The molecule has 1 amide bonds. The molecule has 0 unspecified atom stereocenters. The van der Waals surface area contributed by atoms with E-state index < -0.39 is 83.4 Å². The number of anilines is 1. The van der Waals surface area contributed by atoms with E-state index >= 15 is 0 Å². The lowest BCUT2D eigenvalue weighted by atomic mass is 9.96. The topological polar surface area (TPSA) is 195 Å². The summed E-state index contributed by atoms with van der Waals surface area (Å²) < 4.78 is 26.8. The molecule has 15 nitrogen and oxygen atoms in total. The molecule has 2 heterocycles. The second kappa shape index (κ2) is 10.7. The highest BCUT2D eigenvalue weighted by Crippen LogP contribution is 2.39. The van der Waals surface area contributed by atoms with Crippen molar-refractivity contribution in [3.63, 3.8) is 0 Å². The quantitative estimate of drug-likeness (QED) is 0.155. The molecule has 0 radical (unpaired) electrons. The number of benzene rings is 1. The summed E-state index contributed by atoms with van der Waals surface area (Å²) in [6.45, 7) is 3.64. The van der Waals surface area contributed by atoms with Crippen LogP contribution in [-0.2, 0) is 47.7 Å². The third-order valence-electron chi connectivity index (χ3n) is 5.33. The summed E-state index contributed by atoms with van der Waals surface area (Å²) >= 11 is 0. The third kappa shape index (κ3) is 5.72. The zero-order valence-electron chi connectivity index (χ0n) is 20.0. The highest BCUT2D eigenvalue weighted by Gasteiger charge is 2.57. The number of nitro groups is 1. The monoisotopic (exact) mass is 522 g/mol. The molecule has 0 saturated carbocycles. The molecular weight excluding hydrogens is 500 g/mol. The van der Waals surface area contributed by atoms with Gasteiger partial charge in [-0.25, -0.2) is 0 Å². The van der Waals surface area contributed by atoms with Crippen LogP contribution in [0.1, 0.15) is 38.1 Å². The number of amides is 1. The fraction of sp³-hybridized carbons (Fsp3) is 0.455. The van der Waals surface area contributed by atoms with Crippen LogP contribution in [0.2, 0.25) is 0 Å². The van der Waals surface area contributed by atoms with Gasteiger partial charge in [0.25, 0.3) is 11.5 Å². The predicted octanol–water partition coefficient (Wildman–Crippen LogP) is 0.207. The minimum Gasteiger partial charge on any atom is -0.463 e. The third-order valence-corrected chi connectivity index (χ3v) is 5.33. The lowest BCUT2D eigenvalue weighted by molar-refractivity contribution is -0.384. The van der Waals surface area contributed by atoms with Gasteiger partial charge in [-0.05, 0) is 6.07 Å². The van der Waals surface area contributed by atoms with Crippen LogP contribution in [0.5, 0.6) is 0 Å². The van der Waals surface area contributed by atoms with Crippen molar-refractivity contribution in [1.29, 1.82) is 0 Å². The van der Waals surface area contributed by atoms with Gasteiger partial charge in [0, 0.05) is 39.8 Å². The van der Waals surface area contributed by atoms with E-state index in [1.165, 1.54) is 0 Å². The van der Waals surface area contributed by atoms with Crippen LogP contribution in [-0.4, -0.2) is 77.7 Å². The minimum absolute atomic E-state index is 0.110. The summed E-state index contributed by atoms with van der Waals surface area (Å²) in [6.07, 6.45) is -7.71. The molecule has 0 aliphatic carbocycles. The Balaban J connectivity index is 2.15. The van der Waals surface area contributed by atoms with Crippen LogP contribution in [0, 0.1) is 10.1 Å². The van der Waals surface area contributed by atoms with Crippen molar-refractivity contribution in [3.8, 4) is 0 Å². The number of nitrogens with zero attached hydrogens (tertiary/aromatic N) is 2. The summed E-state index contributed by atoms with van der Waals surface area (Å²) in [5.74, 6) is -5.66. The van der Waals surface area contributed by atoms with Crippen LogP contribution >= 0.6 is 0 Å². The summed E-state index contributed by atoms with van der Waals surface area (Å²) in [7, 11) is 0. The zero-order chi connectivity index (χ0) is 27.6. The number of carbonyl (C=O) groups is 6. The maximum atomic E-state index is 13.0. The number of esters is 4. The molecule has 37 heavy (non-hydrogen) atoms. The van der Waals surface area contributed by atoms with E-state index in [4.69, 9.17) is 23.7 Å². The van der Waals surface area contributed by atoms with E-state index in [9.17, 15) is 38.9 Å². The highest BCUT2D eigenvalue weighted by atomic mass is 16.7. The standard InChI is InChI=1S/C22H22N2O13/c1-9(25)33-8-16-18(34-10(2)26)19(35-11(3)27)20(36-12(4)28)22(37-16)23-15-6-5-13(24(31)32)7-14(15)17(29)21(23)30/h5-7,16,18-20,22H,8H2,1-4H3/t16-,18-,19+,20-,22-/m1/s1. The maximum absolute atomic E-state index is 13.0. The first-order chi connectivity index (χ1) is 17.3. The Bertz CT molecular complexity index is 1180. The molecule has 1 aromatic rings. The number of nitro benzene ring substituents is 1. The fourth-order valence-electron chi connectivity index (χ4n) is 4.03. The fourth-order valence-corrected chi connectivity index (χ4v) is 4.03. The Morgan fingerprint density at radius 3 is 2.03 bits per heavy atom. The van der Waals surface area contributed by atoms with Crippen molar-refractivity contribution in [2.75, 3.05) is 11.5 Å². The van der Waals surface area contributed by atoms with E-state index in [2.05, 4.69) is 0 Å². The van der Waals surface area contributed by atoms with Gasteiger partial charge in [-0.3, -0.25) is 43.8 Å². The first kappa shape index (κ1) is 27.2. The maximum Gasteiger partial charge on any atom is 0.303 e. The molecule has 198 valence electrons. The van der Waals surface area contributed by atoms with Gasteiger partial charge < -0.3 is 23.7 Å². The predicted molar refractivity (Wildman–Crippen MR) is 117 cm³/mol. The molecule has 2 aliphatic rings. The number of carbonyl (C=O) groups excluding carboxylic acids is 6. The van der Waals surface area contributed by atoms with Crippen molar-refractivity contribution in [2.24, 2.45) is 0 Å². The van der Waals surface area contributed by atoms with Crippen molar-refractivity contribution < 1.29 is 57.4 Å². The van der Waals surface area contributed by atoms with Gasteiger partial charge in [0.2, 0.25) is 0 Å². The van der Waals surface area contributed by atoms with E-state index in [0.717, 1.165) is 50.8 Å². The van der Waals surface area contributed by atoms with E-state index in [0.29, 0.717) is 0 Å². The van der Waals surface area contributed by atoms with Crippen LogP contribution in [0.25, 0.3) is 0 Å². The Morgan fingerprint density at radius 2 is 1.49 bits per heavy atom. The molecule has 0 N–H and O–H groups in total. The first-order valence-corrected chi connectivity index (χ1v) is 10.8. The van der Waals surface area contributed by atoms with Gasteiger partial charge in [-0.15, -0.1) is 0 Å². The average molecular weight is 522 g/mol. The molecule has 5 atom stereocenters. The minimum atomic E-state index is -1.67. The van der Waals surface area contributed by atoms with E-state index in [-0.39, 0.29) is 11.3 Å². The molecule has 1 saturated heterocycles. The number of Topliss-reactive ketones (excluding diaryl/α,β-unsaturated/α-hetero) is 1. The number of fused-ring (bicyclic) bond motifs is 1. The number of hydrogen-bond acceptors (Lipinski definition) is 13. The van der Waals surface area contributed by atoms with Crippen LogP contribution in [0.4, 0.5) is 11.4 Å². The second-order valence-electron chi connectivity index (χ2n) is 8.05. The van der Waals surface area contributed by atoms with Gasteiger partial charge in [0.15, 0.2) is 24.5 Å². The molecule has 15 heteroatoms. The van der Waals surface area contributed by atoms with Crippen molar-refractivity contribution in [2.45, 2.75) is 58.3 Å². The number of hydrogen-bond donors (Lipinski definition) is 0. The van der Waals surface area contributed by atoms with Crippen LogP contribution in [0.15, 0.2) is 18.2 Å². The number of non-ortho nitro benzene ring substituents is 1. The van der Waals surface area contributed by atoms with Crippen molar-refractivity contribution in [1.82, 2.24) is 0 Å². The number of rotatable bonds is 7. The van der Waals surface area contributed by atoms with Gasteiger partial charge in [0.1, 0.15) is 12.7 Å². The zero-order valence-corrected chi connectivity index (χ0v) is 20.0. The van der Waals surface area contributed by atoms with Crippen LogP contribution in [0.3, 0.4) is 0 Å². The van der Waals surface area contributed by atoms with Gasteiger partial charge in [0.05, 0.1) is 16.2 Å². The van der Waals surface area contributed by atoms with Crippen molar-refractivity contribution in [3.05, 3.63) is 33.9 Å². The molecule has 0 spiro atoms. The normalized spacial score (nSPS) is 24.6. The molecule has 1 fully saturated rings. The lowest BCUT2D eigenvalue weighted by Gasteiger charge is -2.46. The van der Waals surface area contributed by atoms with Crippen molar-refractivity contribution >= 4 is 46.9 Å². The summed E-state index contributed by atoms with van der Waals surface area (Å²) in [6, 6.07) is 3.08. The Morgan fingerprint density at radius 1 is 0.919 bits per heavy atom. The Hall–Kier alpha value is -4.40. The van der Waals surface area contributed by atoms with Gasteiger partial charge in [-0.1, -0.05) is 0 Å². The Labute approximate surface area is 208 Å². The molecular formula is C22H22N2O13. The molecule has 1 aromatic carbocycles. The lowest BCUT2D eigenvalue weighted by Crippen LogP contribution is -2.67. The molecule has 2 aliphatic heterocycles. The summed E-state index contributed by atoms with van der Waals surface area (Å²) in [5.41, 5.74) is -0.878. The average Bonchev–Trinajstić information content (AvgIpc) is 3.04. The van der Waals surface area contributed by atoms with Crippen LogP contribution < -0.4 is 4.90 Å². The summed E-state index contributed by atoms with van der Waals surface area (Å²) in [5, 5.41) is 11.2. The van der Waals surface area contributed by atoms with Gasteiger partial charge >= 0.3 is 29.8 Å². The van der Waals surface area contributed by atoms with E-state index in [1.807, 2.05) is 0 Å². The SMILES string of the molecule is CC(=O)OC[C@H]1O[C@@H](N2C(=O)C(=O)c3cc([N+](=O)[O-])ccc32)[C@H](OC(C)=O)[C@@H](OC(C)=O)[C@@H]1OC(C)=O. The first-order valence-electron chi connectivity index (χ1n) is 10.8. The smallest absolute Gasteiger partial charge is 0.303 e. The Kier molecular flexibility index (Phi) is 7.86. The largest absolute Gasteiger partial charge is 0.463 e. The molecule has 3 rings (SSSR count). The second-order valence-corrected chi connectivity index (χ2v) is 8.05. The highest BCUT2D eigenvalue weighted by molar-refractivity contribution is 6.52. The summed E-state index contributed by atoms with van der Waals surface area (Å²) in [4.78, 5) is 84.2. The van der Waals surface area contributed by atoms with Gasteiger partial charge in [-0.2, -0.15) is 0 Å². The number of ketones is 1.